The maximum Gasteiger partial charge on any atom is 0.326 e. The van der Waals surface area contributed by atoms with E-state index >= 15 is 0 Å². The van der Waals surface area contributed by atoms with Crippen molar-refractivity contribution >= 4 is 11.9 Å². The van der Waals surface area contributed by atoms with Gasteiger partial charge in [0.1, 0.15) is 11.9 Å². The van der Waals surface area contributed by atoms with Crippen molar-refractivity contribution in [3.63, 3.8) is 0 Å². The normalized spacial score (nSPS) is 20.1. The zero-order valence-corrected chi connectivity index (χ0v) is 10.8. The lowest BCUT2D eigenvalue weighted by Gasteiger charge is -2.28. The van der Waals surface area contributed by atoms with Crippen molar-refractivity contribution in [2.75, 3.05) is 13.2 Å². The molecule has 108 valence electrons. The van der Waals surface area contributed by atoms with E-state index < -0.39 is 23.7 Å². The fraction of sp³-hybridized carbons (Fsp3) is 0.429. The number of carboxylic acids is 1. The van der Waals surface area contributed by atoms with Crippen LogP contribution in [0.4, 0.5) is 4.39 Å². The van der Waals surface area contributed by atoms with Gasteiger partial charge in [-0.05, 0) is 37.1 Å². The second-order valence-corrected chi connectivity index (χ2v) is 4.77. The first kappa shape index (κ1) is 14.5. The summed E-state index contributed by atoms with van der Waals surface area (Å²) in [5.41, 5.74) is 0.231. The smallest absolute Gasteiger partial charge is 0.326 e. The van der Waals surface area contributed by atoms with E-state index in [-0.39, 0.29) is 11.5 Å². The molecule has 1 saturated heterocycles. The first-order valence-corrected chi connectivity index (χ1v) is 6.45. The minimum atomic E-state index is -1.09. The van der Waals surface area contributed by atoms with E-state index in [4.69, 9.17) is 4.74 Å². The summed E-state index contributed by atoms with van der Waals surface area (Å²) in [6.45, 7) is 0.940. The highest BCUT2D eigenvalue weighted by Crippen LogP contribution is 2.18. The standard InChI is InChI=1S/C14H16FNO4/c15-11-5-3-9(4-6-11)13(17)16-12(14(18)19)10-2-1-7-20-8-10/h3-6,10,12H,1-2,7-8H2,(H,16,17)(H,18,19). The molecule has 1 aliphatic heterocycles. The van der Waals surface area contributed by atoms with Gasteiger partial charge in [0.15, 0.2) is 0 Å². The molecule has 0 bridgehead atoms. The van der Waals surface area contributed by atoms with Crippen LogP contribution in [0.2, 0.25) is 0 Å². The van der Waals surface area contributed by atoms with Gasteiger partial charge in [-0.2, -0.15) is 0 Å². The van der Waals surface area contributed by atoms with Crippen molar-refractivity contribution in [2.45, 2.75) is 18.9 Å². The van der Waals surface area contributed by atoms with Crippen molar-refractivity contribution in [3.8, 4) is 0 Å². The number of aliphatic carboxylic acids is 1. The maximum atomic E-state index is 12.8. The third kappa shape index (κ3) is 3.54. The Morgan fingerprint density at radius 1 is 1.35 bits per heavy atom. The van der Waals surface area contributed by atoms with E-state index in [0.29, 0.717) is 19.6 Å². The van der Waals surface area contributed by atoms with Crippen molar-refractivity contribution in [3.05, 3.63) is 35.6 Å². The van der Waals surface area contributed by atoms with E-state index in [2.05, 4.69) is 5.32 Å². The molecule has 1 aromatic carbocycles. The molecule has 1 amide bonds. The highest BCUT2D eigenvalue weighted by atomic mass is 19.1. The Hall–Kier alpha value is -1.95. The number of carboxylic acid groups (broad SMARTS) is 1. The summed E-state index contributed by atoms with van der Waals surface area (Å²) in [6.07, 6.45) is 1.47. The van der Waals surface area contributed by atoms with Gasteiger partial charge in [0.05, 0.1) is 6.61 Å². The summed E-state index contributed by atoms with van der Waals surface area (Å²) >= 11 is 0. The van der Waals surface area contributed by atoms with Gasteiger partial charge in [0, 0.05) is 18.1 Å². The molecule has 5 nitrogen and oxygen atoms in total. The van der Waals surface area contributed by atoms with Crippen LogP contribution >= 0.6 is 0 Å². The molecule has 0 aliphatic carbocycles. The van der Waals surface area contributed by atoms with Gasteiger partial charge in [0.2, 0.25) is 0 Å². The molecule has 2 N–H and O–H groups in total. The van der Waals surface area contributed by atoms with Gasteiger partial charge < -0.3 is 15.2 Å². The lowest BCUT2D eigenvalue weighted by atomic mass is 9.93. The molecule has 0 saturated carbocycles. The average Bonchev–Trinajstić information content (AvgIpc) is 2.46. The molecule has 6 heteroatoms. The van der Waals surface area contributed by atoms with Gasteiger partial charge in [-0.3, -0.25) is 4.79 Å². The third-order valence-corrected chi connectivity index (χ3v) is 3.33. The zero-order chi connectivity index (χ0) is 14.5. The number of carbonyl (C=O) groups is 2. The Morgan fingerprint density at radius 3 is 2.60 bits per heavy atom. The quantitative estimate of drug-likeness (QED) is 0.875. The van der Waals surface area contributed by atoms with Gasteiger partial charge >= 0.3 is 5.97 Å². The average molecular weight is 281 g/mol. The monoisotopic (exact) mass is 281 g/mol. The van der Waals surface area contributed by atoms with Crippen molar-refractivity contribution < 1.29 is 23.8 Å². The largest absolute Gasteiger partial charge is 0.480 e. The van der Waals surface area contributed by atoms with E-state index in [1.165, 1.54) is 12.1 Å². The number of ether oxygens (including phenoxy) is 1. The first-order chi connectivity index (χ1) is 9.58. The SMILES string of the molecule is O=C(NC(C(=O)O)C1CCCOC1)c1ccc(F)cc1. The van der Waals surface area contributed by atoms with Gasteiger partial charge in [-0.15, -0.1) is 0 Å². The van der Waals surface area contributed by atoms with Crippen LogP contribution < -0.4 is 5.32 Å². The predicted octanol–water partition coefficient (Wildman–Crippen LogP) is 1.44. The first-order valence-electron chi connectivity index (χ1n) is 6.45. The Bertz CT molecular complexity index is 482. The fourth-order valence-corrected chi connectivity index (χ4v) is 2.24. The van der Waals surface area contributed by atoms with Crippen LogP contribution in [0.1, 0.15) is 23.2 Å². The topological polar surface area (TPSA) is 75.6 Å². The van der Waals surface area contributed by atoms with Crippen LogP contribution in [0.25, 0.3) is 0 Å². The summed E-state index contributed by atoms with van der Waals surface area (Å²) in [5, 5.41) is 11.7. The van der Waals surface area contributed by atoms with Crippen LogP contribution in [0, 0.1) is 11.7 Å². The fourth-order valence-electron chi connectivity index (χ4n) is 2.24. The molecule has 2 rings (SSSR count). The van der Waals surface area contributed by atoms with Crippen LogP contribution in [-0.2, 0) is 9.53 Å². The highest BCUT2D eigenvalue weighted by molar-refractivity contribution is 5.96. The molecule has 2 unspecified atom stereocenters. The van der Waals surface area contributed by atoms with Crippen molar-refractivity contribution in [1.82, 2.24) is 5.32 Å². The molecule has 20 heavy (non-hydrogen) atoms. The van der Waals surface area contributed by atoms with E-state index in [1.54, 1.807) is 0 Å². The van der Waals surface area contributed by atoms with Crippen LogP contribution in [0.15, 0.2) is 24.3 Å². The summed E-state index contributed by atoms with van der Waals surface area (Å²) in [4.78, 5) is 23.3. The maximum absolute atomic E-state index is 12.8. The Kier molecular flexibility index (Phi) is 4.68. The molecule has 0 radical (unpaired) electrons. The minimum absolute atomic E-state index is 0.231. The molecule has 1 heterocycles. The summed E-state index contributed by atoms with van der Waals surface area (Å²) in [5.74, 6) is -2.30. The number of rotatable bonds is 4. The van der Waals surface area contributed by atoms with E-state index in [0.717, 1.165) is 18.6 Å². The number of hydrogen-bond donors (Lipinski definition) is 2. The van der Waals surface area contributed by atoms with E-state index in [9.17, 15) is 19.1 Å². The Balaban J connectivity index is 2.05. The molecule has 1 aromatic rings. The van der Waals surface area contributed by atoms with Gasteiger partial charge in [0.25, 0.3) is 5.91 Å². The molecule has 1 fully saturated rings. The number of amides is 1. The lowest BCUT2D eigenvalue weighted by molar-refractivity contribution is -0.142. The number of nitrogens with one attached hydrogen (secondary N) is 1. The minimum Gasteiger partial charge on any atom is -0.480 e. The Morgan fingerprint density at radius 2 is 2.05 bits per heavy atom. The number of benzene rings is 1. The zero-order valence-electron chi connectivity index (χ0n) is 10.8. The molecular formula is C14H16FNO4. The molecule has 1 aliphatic rings. The third-order valence-electron chi connectivity index (χ3n) is 3.33. The molecule has 2 atom stereocenters. The van der Waals surface area contributed by atoms with Crippen molar-refractivity contribution in [2.24, 2.45) is 5.92 Å². The molecule has 0 aromatic heterocycles. The van der Waals surface area contributed by atoms with Crippen LogP contribution in [-0.4, -0.2) is 36.2 Å². The molecular weight excluding hydrogens is 265 g/mol. The summed E-state index contributed by atoms with van der Waals surface area (Å²) in [7, 11) is 0. The summed E-state index contributed by atoms with van der Waals surface area (Å²) < 4.78 is 18.0. The molecule has 0 spiro atoms. The highest BCUT2D eigenvalue weighted by Gasteiger charge is 2.31. The Labute approximate surface area is 115 Å². The van der Waals surface area contributed by atoms with Crippen LogP contribution in [0.5, 0.6) is 0 Å². The number of halogens is 1. The predicted molar refractivity (Wildman–Crippen MR) is 68.8 cm³/mol. The number of hydrogen-bond acceptors (Lipinski definition) is 3. The second-order valence-electron chi connectivity index (χ2n) is 4.77. The van der Waals surface area contributed by atoms with E-state index in [1.807, 2.05) is 0 Å². The summed E-state index contributed by atoms with van der Waals surface area (Å²) in [6, 6.07) is 3.97. The number of carbonyl (C=O) groups excluding carboxylic acids is 1. The second kappa shape index (κ2) is 6.47. The van der Waals surface area contributed by atoms with Gasteiger partial charge in [-0.1, -0.05) is 0 Å². The van der Waals surface area contributed by atoms with Crippen LogP contribution in [0.3, 0.4) is 0 Å². The van der Waals surface area contributed by atoms with Crippen molar-refractivity contribution in [1.29, 1.82) is 0 Å². The van der Waals surface area contributed by atoms with Gasteiger partial charge in [-0.25, -0.2) is 9.18 Å². The lowest BCUT2D eigenvalue weighted by Crippen LogP contribution is -2.48.